The van der Waals surface area contributed by atoms with Crippen LogP contribution in [0.3, 0.4) is 0 Å². The Bertz CT molecular complexity index is 928. The second kappa shape index (κ2) is 7.56. The molecule has 0 unspecified atom stereocenters. The number of nitrogens with zero attached hydrogens (tertiary/aromatic N) is 6. The molecule has 0 amide bonds. The zero-order valence-corrected chi connectivity index (χ0v) is 17.9. The van der Waals surface area contributed by atoms with Crippen molar-refractivity contribution >= 4 is 45.0 Å². The Morgan fingerprint density at radius 1 is 1.22 bits per heavy atom. The molecule has 3 aromatic rings. The normalized spacial score (nSPS) is 17.6. The fourth-order valence-corrected chi connectivity index (χ4v) is 5.49. The molecule has 2 aliphatic rings. The Kier molecular flexibility index (Phi) is 4.95. The van der Waals surface area contributed by atoms with Gasteiger partial charge in [-0.2, -0.15) is 4.98 Å². The molecule has 142 valence electrons. The van der Waals surface area contributed by atoms with Gasteiger partial charge in [0.25, 0.3) is 0 Å². The summed E-state index contributed by atoms with van der Waals surface area (Å²) in [4.78, 5) is 7.90. The molecule has 5 rings (SSSR count). The Morgan fingerprint density at radius 3 is 2.81 bits per heavy atom. The van der Waals surface area contributed by atoms with Crippen molar-refractivity contribution in [3.8, 4) is 10.7 Å². The smallest absolute Gasteiger partial charge is 0.237 e. The van der Waals surface area contributed by atoms with Crippen LogP contribution in [0.15, 0.2) is 25.6 Å². The molecule has 4 heterocycles. The van der Waals surface area contributed by atoms with Crippen molar-refractivity contribution in [3.05, 3.63) is 21.8 Å². The van der Waals surface area contributed by atoms with E-state index in [4.69, 9.17) is 4.52 Å². The van der Waals surface area contributed by atoms with Gasteiger partial charge in [0.1, 0.15) is 0 Å². The summed E-state index contributed by atoms with van der Waals surface area (Å²) in [5.74, 6) is 2.89. The van der Waals surface area contributed by atoms with Crippen LogP contribution in [0.4, 0.5) is 5.95 Å². The van der Waals surface area contributed by atoms with E-state index in [1.54, 1.807) is 23.1 Å². The van der Waals surface area contributed by atoms with Crippen LogP contribution in [-0.2, 0) is 5.75 Å². The predicted molar refractivity (Wildman–Crippen MR) is 109 cm³/mol. The average molecular weight is 467 g/mol. The van der Waals surface area contributed by atoms with Crippen LogP contribution in [0.5, 0.6) is 0 Å². The quantitative estimate of drug-likeness (QED) is 0.484. The zero-order valence-electron chi connectivity index (χ0n) is 14.7. The highest BCUT2D eigenvalue weighted by atomic mass is 79.9. The van der Waals surface area contributed by atoms with Crippen LogP contribution in [0.25, 0.3) is 10.7 Å². The molecule has 0 bridgehead atoms. The molecule has 3 aromatic heterocycles. The van der Waals surface area contributed by atoms with Crippen LogP contribution in [0.1, 0.15) is 44.0 Å². The first-order chi connectivity index (χ1) is 13.3. The van der Waals surface area contributed by atoms with E-state index in [0.29, 0.717) is 23.5 Å². The summed E-state index contributed by atoms with van der Waals surface area (Å²) >= 11 is 6.68. The minimum atomic E-state index is 0.543. The number of rotatable bonds is 6. The molecule has 10 heteroatoms. The number of halogens is 1. The predicted octanol–water partition coefficient (Wildman–Crippen LogP) is 4.77. The minimum Gasteiger partial charge on any atom is -0.341 e. The summed E-state index contributed by atoms with van der Waals surface area (Å²) in [7, 11) is 0. The lowest BCUT2D eigenvalue weighted by Gasteiger charge is -2.27. The van der Waals surface area contributed by atoms with Gasteiger partial charge in [-0.05, 0) is 54.1 Å². The maximum Gasteiger partial charge on any atom is 0.237 e. The van der Waals surface area contributed by atoms with Gasteiger partial charge in [-0.25, -0.2) is 0 Å². The zero-order chi connectivity index (χ0) is 18.2. The second-order valence-electron chi connectivity index (χ2n) is 6.86. The summed E-state index contributed by atoms with van der Waals surface area (Å²) in [6.45, 7) is 2.16. The Morgan fingerprint density at radius 2 is 2.07 bits per heavy atom. The van der Waals surface area contributed by atoms with E-state index in [1.807, 2.05) is 11.4 Å². The van der Waals surface area contributed by atoms with Crippen LogP contribution < -0.4 is 4.90 Å². The Hall–Kier alpha value is -1.39. The molecule has 0 aromatic carbocycles. The number of hydrogen-bond acceptors (Lipinski definition) is 8. The number of aromatic nitrogens is 5. The molecule has 0 radical (unpaired) electrons. The third-order valence-electron chi connectivity index (χ3n) is 4.78. The van der Waals surface area contributed by atoms with Gasteiger partial charge in [0, 0.05) is 29.0 Å². The first kappa shape index (κ1) is 17.7. The largest absolute Gasteiger partial charge is 0.341 e. The summed E-state index contributed by atoms with van der Waals surface area (Å²) in [5.41, 5.74) is 0. The molecule has 1 aliphatic heterocycles. The standard InChI is InChI=1S/C17H19BrN6OS2/c18-11-8-13(26-9-11)15-19-14(25-22-15)10-27-17-21-20-16(24(17)12-4-5-12)23-6-2-1-3-7-23/h8-9,12H,1-7,10H2. The lowest BCUT2D eigenvalue weighted by molar-refractivity contribution is 0.391. The van der Waals surface area contributed by atoms with Gasteiger partial charge in [0.15, 0.2) is 5.16 Å². The second-order valence-corrected chi connectivity index (χ2v) is 9.63. The van der Waals surface area contributed by atoms with Crippen molar-refractivity contribution in [1.82, 2.24) is 24.9 Å². The van der Waals surface area contributed by atoms with Gasteiger partial charge < -0.3 is 9.42 Å². The van der Waals surface area contributed by atoms with Crippen LogP contribution in [0, 0.1) is 0 Å². The third-order valence-corrected chi connectivity index (χ3v) is 7.39. The van der Waals surface area contributed by atoms with E-state index in [9.17, 15) is 0 Å². The Balaban J connectivity index is 1.31. The number of hydrogen-bond donors (Lipinski definition) is 0. The van der Waals surface area contributed by atoms with Crippen LogP contribution in [-0.4, -0.2) is 38.0 Å². The molecule has 0 atom stereocenters. The van der Waals surface area contributed by atoms with E-state index in [-0.39, 0.29) is 0 Å². The van der Waals surface area contributed by atoms with Gasteiger partial charge in [-0.15, -0.1) is 21.5 Å². The van der Waals surface area contributed by atoms with Crippen LogP contribution in [0.2, 0.25) is 0 Å². The van der Waals surface area contributed by atoms with Gasteiger partial charge in [0.2, 0.25) is 17.7 Å². The van der Waals surface area contributed by atoms with Crippen molar-refractivity contribution in [2.75, 3.05) is 18.0 Å². The molecule has 7 nitrogen and oxygen atoms in total. The van der Waals surface area contributed by atoms with E-state index < -0.39 is 0 Å². The first-order valence-corrected chi connectivity index (χ1v) is 11.8. The van der Waals surface area contributed by atoms with Gasteiger partial charge in [-0.3, -0.25) is 4.57 Å². The topological polar surface area (TPSA) is 72.9 Å². The summed E-state index contributed by atoms with van der Waals surface area (Å²) < 4.78 is 8.79. The van der Waals surface area contributed by atoms with E-state index in [1.165, 1.54) is 32.1 Å². The van der Waals surface area contributed by atoms with Crippen molar-refractivity contribution < 1.29 is 4.52 Å². The van der Waals surface area contributed by atoms with Crippen molar-refractivity contribution in [3.63, 3.8) is 0 Å². The molecule has 0 N–H and O–H groups in total. The van der Waals surface area contributed by atoms with E-state index in [0.717, 1.165) is 33.5 Å². The minimum absolute atomic E-state index is 0.543. The van der Waals surface area contributed by atoms with E-state index >= 15 is 0 Å². The van der Waals surface area contributed by atoms with Crippen molar-refractivity contribution in [1.29, 1.82) is 0 Å². The van der Waals surface area contributed by atoms with Gasteiger partial charge in [-0.1, -0.05) is 16.9 Å². The van der Waals surface area contributed by atoms with Crippen molar-refractivity contribution in [2.45, 2.75) is 49.1 Å². The maximum absolute atomic E-state index is 5.43. The molecular formula is C17H19BrN6OS2. The monoisotopic (exact) mass is 466 g/mol. The Labute approximate surface area is 173 Å². The maximum atomic E-state index is 5.43. The summed E-state index contributed by atoms with van der Waals surface area (Å²) in [5, 5.41) is 16.1. The molecular weight excluding hydrogens is 448 g/mol. The molecule has 0 spiro atoms. The third kappa shape index (κ3) is 3.79. The first-order valence-electron chi connectivity index (χ1n) is 9.17. The van der Waals surface area contributed by atoms with Crippen molar-refractivity contribution in [2.24, 2.45) is 0 Å². The molecule has 1 saturated heterocycles. The van der Waals surface area contributed by atoms with Gasteiger partial charge in [0.05, 0.1) is 10.6 Å². The van der Waals surface area contributed by atoms with Gasteiger partial charge >= 0.3 is 0 Å². The number of thioether (sulfide) groups is 1. The highest BCUT2D eigenvalue weighted by molar-refractivity contribution is 9.10. The lowest BCUT2D eigenvalue weighted by atomic mass is 10.1. The molecule has 1 saturated carbocycles. The SMILES string of the molecule is Brc1csc(-c2noc(CSc3nnc(N4CCCCC4)n3C3CC3)n2)c1. The molecule has 2 fully saturated rings. The highest BCUT2D eigenvalue weighted by Gasteiger charge is 2.32. The highest BCUT2D eigenvalue weighted by Crippen LogP contribution is 2.41. The average Bonchev–Trinajstić information content (AvgIpc) is 3.09. The van der Waals surface area contributed by atoms with Crippen LogP contribution >= 0.6 is 39.0 Å². The number of thiophene rings is 1. The molecule has 27 heavy (non-hydrogen) atoms. The van der Waals surface area contributed by atoms with E-state index in [2.05, 4.69) is 45.7 Å². The number of anilines is 1. The fourth-order valence-electron chi connectivity index (χ4n) is 3.30. The number of piperidine rings is 1. The summed E-state index contributed by atoms with van der Waals surface area (Å²) in [6.07, 6.45) is 6.22. The fraction of sp³-hybridized carbons (Fsp3) is 0.529. The molecule has 1 aliphatic carbocycles. The lowest BCUT2D eigenvalue weighted by Crippen LogP contribution is -2.31. The summed E-state index contributed by atoms with van der Waals surface area (Å²) in [6, 6.07) is 2.54.